The number of amides is 1. The summed E-state index contributed by atoms with van der Waals surface area (Å²) < 4.78 is 11.6. The Morgan fingerprint density at radius 1 is 1.19 bits per heavy atom. The molecule has 1 atom stereocenters. The molecule has 3 aromatic rings. The van der Waals surface area contributed by atoms with Gasteiger partial charge in [0.15, 0.2) is 16.6 Å². The van der Waals surface area contributed by atoms with Crippen molar-refractivity contribution in [2.24, 2.45) is 5.41 Å². The van der Waals surface area contributed by atoms with Gasteiger partial charge in [-0.1, -0.05) is 44.2 Å². The number of anilines is 1. The summed E-state index contributed by atoms with van der Waals surface area (Å²) in [5, 5.41) is 5.38. The van der Waals surface area contributed by atoms with Gasteiger partial charge in [-0.3, -0.25) is 4.79 Å². The zero-order chi connectivity index (χ0) is 19.0. The zero-order valence-corrected chi connectivity index (χ0v) is 16.2. The van der Waals surface area contributed by atoms with Crippen LogP contribution in [0.2, 0.25) is 0 Å². The molecule has 1 N–H and O–H groups in total. The molecule has 1 unspecified atom stereocenters. The first kappa shape index (κ1) is 17.5. The van der Waals surface area contributed by atoms with E-state index in [0.717, 1.165) is 16.9 Å². The molecule has 27 heavy (non-hydrogen) atoms. The Kier molecular flexibility index (Phi) is 4.36. The van der Waals surface area contributed by atoms with Crippen molar-refractivity contribution in [3.8, 4) is 17.2 Å². The number of fused-ring (bicyclic) bond motifs is 2. The molecule has 0 saturated heterocycles. The molecule has 6 heteroatoms. The van der Waals surface area contributed by atoms with Crippen molar-refractivity contribution < 1.29 is 14.3 Å². The molecule has 4 rings (SSSR count). The van der Waals surface area contributed by atoms with Crippen LogP contribution < -0.4 is 14.8 Å². The van der Waals surface area contributed by atoms with E-state index in [9.17, 15) is 4.79 Å². The molecule has 2 heterocycles. The molecule has 1 aliphatic heterocycles. The van der Waals surface area contributed by atoms with E-state index in [1.54, 1.807) is 13.3 Å². The van der Waals surface area contributed by atoms with Gasteiger partial charge in [0.05, 0.1) is 12.5 Å². The van der Waals surface area contributed by atoms with Crippen molar-refractivity contribution >= 4 is 22.4 Å². The van der Waals surface area contributed by atoms with Crippen LogP contribution in [0.3, 0.4) is 0 Å². The van der Waals surface area contributed by atoms with Gasteiger partial charge in [0.25, 0.3) is 0 Å². The number of rotatable bonds is 4. The van der Waals surface area contributed by atoms with Crippen molar-refractivity contribution in [3.05, 3.63) is 65.2 Å². The van der Waals surface area contributed by atoms with Crippen LogP contribution in [0.4, 0.5) is 5.13 Å². The standard InChI is InChI=1S/C21H20N2O3S/c1-21(2,19(24)23-20-22-11-12-27-20)17-13-7-4-5-9-15(13)26-18-14(17)8-6-10-16(18)25-3/h4-12,17H,1-3H3,(H,22,23,24). The lowest BCUT2D eigenvalue weighted by molar-refractivity contribution is -0.124. The van der Waals surface area contributed by atoms with E-state index < -0.39 is 5.41 Å². The van der Waals surface area contributed by atoms with Gasteiger partial charge in [-0.05, 0) is 12.1 Å². The minimum atomic E-state index is -0.743. The van der Waals surface area contributed by atoms with E-state index in [2.05, 4.69) is 10.3 Å². The monoisotopic (exact) mass is 380 g/mol. The number of thiazole rings is 1. The lowest BCUT2D eigenvalue weighted by atomic mass is 9.69. The number of methoxy groups -OCH3 is 1. The highest BCUT2D eigenvalue weighted by molar-refractivity contribution is 7.13. The third-order valence-corrected chi connectivity index (χ3v) is 5.63. The van der Waals surface area contributed by atoms with Crippen molar-refractivity contribution in [1.82, 2.24) is 4.98 Å². The van der Waals surface area contributed by atoms with E-state index in [-0.39, 0.29) is 11.8 Å². The number of hydrogen-bond acceptors (Lipinski definition) is 5. The Balaban J connectivity index is 1.83. The highest BCUT2D eigenvalue weighted by atomic mass is 32.1. The number of hydrogen-bond donors (Lipinski definition) is 1. The summed E-state index contributed by atoms with van der Waals surface area (Å²) in [6, 6.07) is 13.6. The van der Waals surface area contributed by atoms with E-state index in [1.165, 1.54) is 11.3 Å². The average molecular weight is 380 g/mol. The first-order valence-corrected chi connectivity index (χ1v) is 9.55. The lowest BCUT2D eigenvalue weighted by Crippen LogP contribution is -2.38. The summed E-state index contributed by atoms with van der Waals surface area (Å²) in [4.78, 5) is 17.4. The molecule has 0 saturated carbocycles. The van der Waals surface area contributed by atoms with E-state index in [4.69, 9.17) is 9.47 Å². The van der Waals surface area contributed by atoms with Crippen LogP contribution in [-0.4, -0.2) is 18.0 Å². The van der Waals surface area contributed by atoms with Crippen molar-refractivity contribution in [2.75, 3.05) is 12.4 Å². The predicted molar refractivity (Wildman–Crippen MR) is 106 cm³/mol. The molecule has 1 aromatic heterocycles. The number of carbonyl (C=O) groups is 1. The molecular formula is C21H20N2O3S. The van der Waals surface area contributed by atoms with Gasteiger partial charge in [0, 0.05) is 28.6 Å². The SMILES string of the molecule is COc1cccc2c1Oc1ccccc1C2C(C)(C)C(=O)Nc1nccs1. The number of ether oxygens (including phenoxy) is 2. The maximum atomic E-state index is 13.2. The van der Waals surface area contributed by atoms with E-state index >= 15 is 0 Å². The Morgan fingerprint density at radius 2 is 1.96 bits per heavy atom. The van der Waals surface area contributed by atoms with Gasteiger partial charge in [-0.2, -0.15) is 0 Å². The number of nitrogens with one attached hydrogen (secondary N) is 1. The highest BCUT2D eigenvalue weighted by Crippen LogP contribution is 2.54. The smallest absolute Gasteiger partial charge is 0.232 e. The number of nitrogens with zero attached hydrogens (tertiary/aromatic N) is 1. The lowest BCUT2D eigenvalue weighted by Gasteiger charge is -2.38. The first-order chi connectivity index (χ1) is 13.0. The zero-order valence-electron chi connectivity index (χ0n) is 15.4. The molecular weight excluding hydrogens is 360 g/mol. The van der Waals surface area contributed by atoms with Crippen LogP contribution in [-0.2, 0) is 4.79 Å². The highest BCUT2D eigenvalue weighted by Gasteiger charge is 2.44. The van der Waals surface area contributed by atoms with Gasteiger partial charge in [-0.15, -0.1) is 11.3 Å². The van der Waals surface area contributed by atoms with Crippen LogP contribution in [0.1, 0.15) is 30.9 Å². The van der Waals surface area contributed by atoms with E-state index in [0.29, 0.717) is 16.6 Å². The maximum Gasteiger partial charge on any atom is 0.232 e. The minimum Gasteiger partial charge on any atom is -0.493 e. The molecule has 138 valence electrons. The Labute approximate surface area is 162 Å². The minimum absolute atomic E-state index is 0.0899. The second-order valence-corrected chi connectivity index (χ2v) is 7.86. The summed E-state index contributed by atoms with van der Waals surface area (Å²) in [5.41, 5.74) is 1.18. The maximum absolute atomic E-state index is 13.2. The molecule has 0 bridgehead atoms. The van der Waals surface area contributed by atoms with Crippen LogP contribution in [0.15, 0.2) is 54.0 Å². The Hall–Kier alpha value is -2.86. The third kappa shape index (κ3) is 2.96. The first-order valence-electron chi connectivity index (χ1n) is 8.67. The molecule has 0 aliphatic carbocycles. The quantitative estimate of drug-likeness (QED) is 0.688. The van der Waals surface area contributed by atoms with Crippen LogP contribution >= 0.6 is 11.3 Å². The predicted octanol–water partition coefficient (Wildman–Crippen LogP) is 5.05. The third-order valence-electron chi connectivity index (χ3n) is 4.94. The fourth-order valence-electron chi connectivity index (χ4n) is 3.57. The topological polar surface area (TPSA) is 60.5 Å². The normalized spacial score (nSPS) is 15.3. The number of benzene rings is 2. The Bertz CT molecular complexity index is 983. The fraction of sp³-hybridized carbons (Fsp3) is 0.238. The van der Waals surface area contributed by atoms with Gasteiger partial charge < -0.3 is 14.8 Å². The van der Waals surface area contributed by atoms with Gasteiger partial charge in [0.1, 0.15) is 5.75 Å². The van der Waals surface area contributed by atoms with Crippen LogP contribution in [0.5, 0.6) is 17.2 Å². The number of carbonyl (C=O) groups excluding carboxylic acids is 1. The Morgan fingerprint density at radius 3 is 2.70 bits per heavy atom. The molecule has 0 spiro atoms. The van der Waals surface area contributed by atoms with Gasteiger partial charge in [0.2, 0.25) is 5.91 Å². The van der Waals surface area contributed by atoms with Crippen LogP contribution in [0.25, 0.3) is 0 Å². The average Bonchev–Trinajstić information content (AvgIpc) is 3.18. The van der Waals surface area contributed by atoms with Crippen LogP contribution in [0, 0.1) is 5.41 Å². The number of aromatic nitrogens is 1. The van der Waals surface area contributed by atoms with Crippen molar-refractivity contribution in [2.45, 2.75) is 19.8 Å². The van der Waals surface area contributed by atoms with Gasteiger partial charge in [-0.25, -0.2) is 4.98 Å². The molecule has 0 fully saturated rings. The van der Waals surface area contributed by atoms with Crippen molar-refractivity contribution in [3.63, 3.8) is 0 Å². The summed E-state index contributed by atoms with van der Waals surface area (Å²) in [7, 11) is 1.62. The molecule has 2 aromatic carbocycles. The van der Waals surface area contributed by atoms with Crippen molar-refractivity contribution in [1.29, 1.82) is 0 Å². The summed E-state index contributed by atoms with van der Waals surface area (Å²) >= 11 is 1.40. The summed E-state index contributed by atoms with van der Waals surface area (Å²) in [5.74, 6) is 1.79. The van der Waals surface area contributed by atoms with E-state index in [1.807, 2.05) is 61.7 Å². The largest absolute Gasteiger partial charge is 0.493 e. The summed E-state index contributed by atoms with van der Waals surface area (Å²) in [6.07, 6.45) is 1.68. The second kappa shape index (κ2) is 6.70. The summed E-state index contributed by atoms with van der Waals surface area (Å²) in [6.45, 7) is 3.90. The fourth-order valence-corrected chi connectivity index (χ4v) is 4.10. The molecule has 0 radical (unpaired) electrons. The van der Waals surface area contributed by atoms with Gasteiger partial charge >= 0.3 is 0 Å². The second-order valence-electron chi connectivity index (χ2n) is 6.96. The number of para-hydroxylation sites is 2. The molecule has 1 amide bonds. The molecule has 5 nitrogen and oxygen atoms in total. The molecule has 1 aliphatic rings.